The van der Waals surface area contributed by atoms with E-state index >= 15 is 0 Å². The Balaban J connectivity index is 1.68. The van der Waals surface area contributed by atoms with Gasteiger partial charge in [-0.1, -0.05) is 17.7 Å². The second-order valence-corrected chi connectivity index (χ2v) is 6.98. The molecule has 0 spiro atoms. The summed E-state index contributed by atoms with van der Waals surface area (Å²) in [5.74, 6) is -0.297. The number of nitrogens with one attached hydrogen (secondary N) is 1. The van der Waals surface area contributed by atoms with Gasteiger partial charge in [0.1, 0.15) is 10.0 Å². The molecular formula is C15H10ClN3O3S2. The second-order valence-electron chi connectivity index (χ2n) is 4.77. The third-order valence-electron chi connectivity index (χ3n) is 3.05. The minimum absolute atomic E-state index is 0.0260. The molecule has 0 atom stereocenters. The number of halogens is 1. The number of nitro groups is 1. The van der Waals surface area contributed by atoms with Crippen molar-refractivity contribution in [2.24, 2.45) is 0 Å². The van der Waals surface area contributed by atoms with E-state index in [9.17, 15) is 14.9 Å². The number of anilines is 1. The molecule has 0 bridgehead atoms. The van der Waals surface area contributed by atoms with Crippen LogP contribution >= 0.6 is 34.3 Å². The summed E-state index contributed by atoms with van der Waals surface area (Å²) in [5.41, 5.74) is 0.734. The molecule has 1 N–H and O–H groups in total. The molecule has 0 radical (unpaired) electrons. The minimum Gasteiger partial charge on any atom is -0.325 e. The van der Waals surface area contributed by atoms with Crippen LogP contribution in [0.25, 0.3) is 9.88 Å². The number of nitro benzene ring substituents is 1. The second kappa shape index (κ2) is 7.08. The van der Waals surface area contributed by atoms with Gasteiger partial charge in [-0.25, -0.2) is 4.98 Å². The van der Waals surface area contributed by atoms with Gasteiger partial charge in [-0.05, 0) is 23.6 Å². The van der Waals surface area contributed by atoms with E-state index in [1.165, 1.54) is 29.5 Å². The van der Waals surface area contributed by atoms with Crippen molar-refractivity contribution in [3.63, 3.8) is 0 Å². The normalized spacial score (nSPS) is 10.5. The van der Waals surface area contributed by atoms with Crippen LogP contribution < -0.4 is 5.32 Å². The summed E-state index contributed by atoms with van der Waals surface area (Å²) in [5, 5.41) is 18.2. The molecule has 6 nitrogen and oxygen atoms in total. The average Bonchev–Trinajstić information content (AvgIpc) is 3.19. The highest BCUT2D eigenvalue weighted by molar-refractivity contribution is 7.20. The number of thiazole rings is 1. The Labute approximate surface area is 149 Å². The maximum atomic E-state index is 12.1. The van der Waals surface area contributed by atoms with E-state index in [2.05, 4.69) is 10.3 Å². The summed E-state index contributed by atoms with van der Waals surface area (Å²) >= 11 is 8.81. The van der Waals surface area contributed by atoms with Crippen molar-refractivity contribution in [1.29, 1.82) is 0 Å². The van der Waals surface area contributed by atoms with Crippen molar-refractivity contribution in [1.82, 2.24) is 4.98 Å². The maximum Gasteiger partial charge on any atom is 0.289 e. The van der Waals surface area contributed by atoms with Crippen molar-refractivity contribution < 1.29 is 9.72 Å². The summed E-state index contributed by atoms with van der Waals surface area (Å²) in [6.07, 6.45) is 0.0955. The number of thiophene rings is 1. The SMILES string of the molecule is O=C(Cc1csc(-c2cccs2)n1)Nc1ccc(Cl)c([N+](=O)[O-])c1. The lowest BCUT2D eigenvalue weighted by atomic mass is 10.2. The summed E-state index contributed by atoms with van der Waals surface area (Å²) in [4.78, 5) is 27.9. The number of amides is 1. The zero-order chi connectivity index (χ0) is 17.1. The van der Waals surface area contributed by atoms with Crippen LogP contribution in [0.5, 0.6) is 0 Å². The molecule has 3 rings (SSSR count). The van der Waals surface area contributed by atoms with Crippen molar-refractivity contribution >= 4 is 51.6 Å². The van der Waals surface area contributed by atoms with E-state index in [-0.39, 0.29) is 23.0 Å². The number of aromatic nitrogens is 1. The lowest BCUT2D eigenvalue weighted by molar-refractivity contribution is -0.384. The maximum absolute atomic E-state index is 12.1. The summed E-state index contributed by atoms with van der Waals surface area (Å²) in [6, 6.07) is 8.05. The molecule has 0 fully saturated rings. The van der Waals surface area contributed by atoms with Crippen LogP contribution in [0.3, 0.4) is 0 Å². The van der Waals surface area contributed by atoms with E-state index in [0.29, 0.717) is 11.4 Å². The lowest BCUT2D eigenvalue weighted by Crippen LogP contribution is -2.14. The number of hydrogen-bond donors (Lipinski definition) is 1. The van der Waals surface area contributed by atoms with Gasteiger partial charge in [0.2, 0.25) is 5.91 Å². The van der Waals surface area contributed by atoms with E-state index < -0.39 is 4.92 Å². The molecule has 2 aromatic heterocycles. The van der Waals surface area contributed by atoms with Crippen LogP contribution in [0, 0.1) is 10.1 Å². The molecule has 24 heavy (non-hydrogen) atoms. The van der Waals surface area contributed by atoms with Crippen LogP contribution in [-0.4, -0.2) is 15.8 Å². The van der Waals surface area contributed by atoms with Crippen molar-refractivity contribution in [3.8, 4) is 9.88 Å². The predicted octanol–water partition coefficient (Wildman–Crippen LogP) is 4.61. The van der Waals surface area contributed by atoms with Crippen LogP contribution in [0.1, 0.15) is 5.69 Å². The van der Waals surface area contributed by atoms with E-state index in [4.69, 9.17) is 11.6 Å². The average molecular weight is 380 g/mol. The first kappa shape index (κ1) is 16.6. The smallest absolute Gasteiger partial charge is 0.289 e. The van der Waals surface area contributed by atoms with Gasteiger partial charge in [-0.2, -0.15) is 0 Å². The van der Waals surface area contributed by atoms with Crippen LogP contribution in [0.2, 0.25) is 5.02 Å². The minimum atomic E-state index is -0.592. The highest BCUT2D eigenvalue weighted by Crippen LogP contribution is 2.29. The first-order valence-corrected chi connectivity index (χ1v) is 8.89. The number of benzene rings is 1. The third kappa shape index (κ3) is 3.78. The van der Waals surface area contributed by atoms with Gasteiger partial charge in [0.15, 0.2) is 0 Å². The Morgan fingerprint density at radius 3 is 2.88 bits per heavy atom. The largest absolute Gasteiger partial charge is 0.325 e. The van der Waals surface area contributed by atoms with Gasteiger partial charge in [0, 0.05) is 17.1 Å². The first-order valence-electron chi connectivity index (χ1n) is 6.75. The number of nitrogens with zero attached hydrogens (tertiary/aromatic N) is 2. The predicted molar refractivity (Wildman–Crippen MR) is 95.9 cm³/mol. The van der Waals surface area contributed by atoms with Gasteiger partial charge < -0.3 is 5.32 Å². The fourth-order valence-electron chi connectivity index (χ4n) is 2.00. The van der Waals surface area contributed by atoms with Crippen molar-refractivity contribution in [3.05, 3.63) is 61.9 Å². The molecule has 0 unspecified atom stereocenters. The van der Waals surface area contributed by atoms with Gasteiger partial charge >= 0.3 is 0 Å². The quantitative estimate of drug-likeness (QED) is 0.518. The van der Waals surface area contributed by atoms with E-state index in [1.54, 1.807) is 11.3 Å². The number of hydrogen-bond acceptors (Lipinski definition) is 6. The lowest BCUT2D eigenvalue weighted by Gasteiger charge is -2.04. The molecule has 2 heterocycles. The fraction of sp³-hybridized carbons (Fsp3) is 0.0667. The summed E-state index contributed by atoms with van der Waals surface area (Å²) in [7, 11) is 0. The monoisotopic (exact) mass is 379 g/mol. The molecule has 0 aliphatic rings. The molecule has 3 aromatic rings. The van der Waals surface area contributed by atoms with Gasteiger partial charge in [-0.3, -0.25) is 14.9 Å². The van der Waals surface area contributed by atoms with E-state index in [1.807, 2.05) is 22.9 Å². The number of rotatable bonds is 5. The molecule has 0 aliphatic carbocycles. The van der Waals surface area contributed by atoms with E-state index in [0.717, 1.165) is 9.88 Å². The number of carbonyl (C=O) groups is 1. The molecule has 0 saturated carbocycles. The Morgan fingerprint density at radius 2 is 2.17 bits per heavy atom. The summed E-state index contributed by atoms with van der Waals surface area (Å²) in [6.45, 7) is 0. The molecular weight excluding hydrogens is 370 g/mol. The molecule has 0 aliphatic heterocycles. The van der Waals surface area contributed by atoms with Gasteiger partial charge in [0.25, 0.3) is 5.69 Å². The standard InChI is InChI=1S/C15H10ClN3O3S2/c16-11-4-3-9(6-12(11)19(21)22)17-14(20)7-10-8-24-15(18-10)13-2-1-5-23-13/h1-6,8H,7H2,(H,17,20). The Morgan fingerprint density at radius 1 is 1.33 bits per heavy atom. The molecule has 1 amide bonds. The van der Waals surface area contributed by atoms with Gasteiger partial charge in [0.05, 0.1) is 21.9 Å². The topological polar surface area (TPSA) is 85.1 Å². The zero-order valence-corrected chi connectivity index (χ0v) is 14.5. The van der Waals surface area contributed by atoms with Crippen LogP contribution in [-0.2, 0) is 11.2 Å². The van der Waals surface area contributed by atoms with Crippen molar-refractivity contribution in [2.75, 3.05) is 5.32 Å². The fourth-order valence-corrected chi connectivity index (χ4v) is 3.82. The molecule has 1 aromatic carbocycles. The Kier molecular flexibility index (Phi) is 4.89. The van der Waals surface area contributed by atoms with Crippen molar-refractivity contribution in [2.45, 2.75) is 6.42 Å². The highest BCUT2D eigenvalue weighted by atomic mass is 35.5. The summed E-state index contributed by atoms with van der Waals surface area (Å²) < 4.78 is 0. The van der Waals surface area contributed by atoms with Crippen LogP contribution in [0.4, 0.5) is 11.4 Å². The van der Waals surface area contributed by atoms with Gasteiger partial charge in [-0.15, -0.1) is 22.7 Å². The molecule has 122 valence electrons. The van der Waals surface area contributed by atoms with Crippen LogP contribution in [0.15, 0.2) is 41.1 Å². The molecule has 0 saturated heterocycles. The zero-order valence-electron chi connectivity index (χ0n) is 12.1. The number of carbonyl (C=O) groups excluding carboxylic acids is 1. The Hall–Kier alpha value is -2.29. The Bertz CT molecular complexity index is 893. The third-order valence-corrected chi connectivity index (χ3v) is 5.30. The first-order chi connectivity index (χ1) is 11.5. The highest BCUT2D eigenvalue weighted by Gasteiger charge is 2.15. The molecule has 9 heteroatoms.